The first-order chi connectivity index (χ1) is 6.77. The second kappa shape index (κ2) is 2.10. The number of nitrogens with one attached hydrogen (secondary N) is 1. The molecule has 8 nitrogen and oxygen atoms in total. The van der Waals surface area contributed by atoms with Gasteiger partial charge in [0, 0.05) is 0 Å². The molecule has 0 aromatic carbocycles. The van der Waals surface area contributed by atoms with Crippen molar-refractivity contribution in [3.63, 3.8) is 0 Å². The Balaban J connectivity index is 2.55. The van der Waals surface area contributed by atoms with E-state index in [2.05, 4.69) is 25.4 Å². The predicted molar refractivity (Wildman–Crippen MR) is 42.6 cm³/mol. The molecule has 3 heterocycles. The Hall–Kier alpha value is -2.38. The molecule has 0 fully saturated rings. The van der Waals surface area contributed by atoms with E-state index in [4.69, 9.17) is 0 Å². The van der Waals surface area contributed by atoms with Crippen LogP contribution in [-0.2, 0) is 0 Å². The normalized spacial score (nSPS) is 13.9. The van der Waals surface area contributed by atoms with Gasteiger partial charge in [-0.05, 0) is 0 Å². The molecule has 3 aliphatic heterocycles. The van der Waals surface area contributed by atoms with Gasteiger partial charge in [0.1, 0.15) is 0 Å². The van der Waals surface area contributed by atoms with Gasteiger partial charge in [0.05, 0.1) is 11.8 Å². The number of hydrogen-bond donors (Lipinski definition) is 1. The number of fused-ring (bicyclic) bond motifs is 3. The molecular formula is C6H2N6O2. The van der Waals surface area contributed by atoms with E-state index in [1.54, 1.807) is 0 Å². The van der Waals surface area contributed by atoms with Crippen LogP contribution in [0.3, 0.4) is 0 Å². The zero-order chi connectivity index (χ0) is 9.71. The number of azo groups is 1. The van der Waals surface area contributed by atoms with Gasteiger partial charge >= 0.3 is 11.7 Å². The predicted octanol–water partition coefficient (Wildman–Crippen LogP) is 0.137. The zero-order valence-corrected chi connectivity index (χ0v) is 6.63. The van der Waals surface area contributed by atoms with Crippen LogP contribution in [0.1, 0.15) is 0 Å². The lowest BCUT2D eigenvalue weighted by Crippen LogP contribution is -2.25. The number of hydrogen-bond acceptors (Lipinski definition) is 5. The van der Waals surface area contributed by atoms with E-state index in [0.717, 1.165) is 4.57 Å². The lowest BCUT2D eigenvalue weighted by atomic mass is 10.3. The average molecular weight is 190 g/mol. The molecule has 3 aliphatic rings. The summed E-state index contributed by atoms with van der Waals surface area (Å²) in [7, 11) is 0. The number of carbonyl (C=O) groups excluding carboxylic acids is 1. The summed E-state index contributed by atoms with van der Waals surface area (Å²) in [4.78, 5) is 24.8. The van der Waals surface area contributed by atoms with Crippen molar-refractivity contribution >= 4 is 11.8 Å². The monoisotopic (exact) mass is 190 g/mol. The van der Waals surface area contributed by atoms with Gasteiger partial charge < -0.3 is 0 Å². The van der Waals surface area contributed by atoms with Crippen LogP contribution in [0.15, 0.2) is 21.2 Å². The third kappa shape index (κ3) is 0.672. The lowest BCUT2D eigenvalue weighted by molar-refractivity contribution is 0.251. The van der Waals surface area contributed by atoms with E-state index in [0.29, 0.717) is 11.4 Å². The average Bonchev–Trinajstić information content (AvgIpc) is 2.71. The van der Waals surface area contributed by atoms with E-state index in [9.17, 15) is 9.59 Å². The SMILES string of the molecule is O=C1N=Nc2c3cnnc-3[nH]c(=O)n21. The van der Waals surface area contributed by atoms with Crippen molar-refractivity contribution in [2.75, 3.05) is 0 Å². The molecule has 0 spiro atoms. The van der Waals surface area contributed by atoms with Crippen LogP contribution >= 0.6 is 0 Å². The summed E-state index contributed by atoms with van der Waals surface area (Å²) >= 11 is 0. The van der Waals surface area contributed by atoms with Crippen molar-refractivity contribution in [3.05, 3.63) is 16.7 Å². The summed E-state index contributed by atoms with van der Waals surface area (Å²) in [5.41, 5.74) is -0.109. The second-order valence-corrected chi connectivity index (χ2v) is 2.68. The van der Waals surface area contributed by atoms with Gasteiger partial charge in [0.15, 0.2) is 11.6 Å². The summed E-state index contributed by atoms with van der Waals surface area (Å²) < 4.78 is 0.839. The number of H-pyrrole nitrogens is 1. The van der Waals surface area contributed by atoms with E-state index >= 15 is 0 Å². The molecule has 0 aliphatic carbocycles. The van der Waals surface area contributed by atoms with Crippen molar-refractivity contribution in [3.8, 4) is 11.4 Å². The Labute approximate surface area is 75.6 Å². The van der Waals surface area contributed by atoms with Gasteiger partial charge in [-0.1, -0.05) is 5.11 Å². The first kappa shape index (κ1) is 7.06. The molecule has 0 radical (unpaired) electrons. The number of carbonyl (C=O) groups is 1. The van der Waals surface area contributed by atoms with Gasteiger partial charge in [-0.3, -0.25) is 4.98 Å². The summed E-state index contributed by atoms with van der Waals surface area (Å²) in [5, 5.41) is 14.1. The van der Waals surface area contributed by atoms with Gasteiger partial charge in [-0.2, -0.15) is 9.67 Å². The van der Waals surface area contributed by atoms with Crippen LogP contribution in [0.4, 0.5) is 10.6 Å². The van der Waals surface area contributed by atoms with E-state index in [-0.39, 0.29) is 5.82 Å². The Morgan fingerprint density at radius 1 is 1.29 bits per heavy atom. The molecule has 0 saturated heterocycles. The first-order valence-corrected chi connectivity index (χ1v) is 3.70. The van der Waals surface area contributed by atoms with E-state index in [1.807, 2.05) is 0 Å². The minimum absolute atomic E-state index is 0.179. The number of aromatic nitrogens is 4. The molecule has 0 saturated carbocycles. The molecule has 3 rings (SSSR count). The van der Waals surface area contributed by atoms with Gasteiger partial charge in [-0.15, -0.1) is 10.2 Å². The van der Waals surface area contributed by atoms with Crippen molar-refractivity contribution in [2.24, 2.45) is 10.2 Å². The minimum atomic E-state index is -0.704. The van der Waals surface area contributed by atoms with Crippen molar-refractivity contribution < 1.29 is 4.79 Å². The number of nitrogens with zero attached hydrogens (tertiary/aromatic N) is 5. The highest BCUT2D eigenvalue weighted by Crippen LogP contribution is 2.29. The smallest absolute Gasteiger partial charge is 0.289 e. The fourth-order valence-corrected chi connectivity index (χ4v) is 1.30. The largest absolute Gasteiger partial charge is 0.376 e. The molecule has 0 bridgehead atoms. The molecule has 8 heteroatoms. The van der Waals surface area contributed by atoms with Crippen LogP contribution in [0.5, 0.6) is 0 Å². The maximum absolute atomic E-state index is 11.3. The highest BCUT2D eigenvalue weighted by molar-refractivity contribution is 5.87. The third-order valence-corrected chi connectivity index (χ3v) is 1.90. The highest BCUT2D eigenvalue weighted by atomic mass is 16.2. The molecule has 68 valence electrons. The molecule has 14 heavy (non-hydrogen) atoms. The Morgan fingerprint density at radius 3 is 3.00 bits per heavy atom. The van der Waals surface area contributed by atoms with Crippen LogP contribution < -0.4 is 5.69 Å². The molecule has 1 N–H and O–H groups in total. The Kier molecular flexibility index (Phi) is 1.06. The number of amides is 1. The fraction of sp³-hybridized carbons (Fsp3) is 0. The third-order valence-electron chi connectivity index (χ3n) is 1.90. The fourth-order valence-electron chi connectivity index (χ4n) is 1.30. The minimum Gasteiger partial charge on any atom is -0.289 e. The summed E-state index contributed by atoms with van der Waals surface area (Å²) in [6.45, 7) is 0. The lowest BCUT2D eigenvalue weighted by Gasteiger charge is -2.00. The standard InChI is InChI=1S/C6H2N6O2/c13-5-8-3-2(1-7-9-3)4-10-11-6(14)12(4)5/h1H,(H,8,9,13). The van der Waals surface area contributed by atoms with Crippen molar-refractivity contribution in [1.29, 1.82) is 0 Å². The topological polar surface area (TPSA) is 105 Å². The maximum Gasteiger partial charge on any atom is 0.376 e. The highest BCUT2D eigenvalue weighted by Gasteiger charge is 2.25. The van der Waals surface area contributed by atoms with Gasteiger partial charge in [0.25, 0.3) is 0 Å². The van der Waals surface area contributed by atoms with Crippen molar-refractivity contribution in [2.45, 2.75) is 0 Å². The zero-order valence-electron chi connectivity index (χ0n) is 6.63. The summed E-state index contributed by atoms with van der Waals surface area (Å²) in [6.07, 6.45) is 1.41. The molecule has 0 aromatic heterocycles. The quantitative estimate of drug-likeness (QED) is 0.637. The maximum atomic E-state index is 11.3. The summed E-state index contributed by atoms with van der Waals surface area (Å²) in [5.74, 6) is 0.480. The van der Waals surface area contributed by atoms with E-state index in [1.165, 1.54) is 6.20 Å². The Morgan fingerprint density at radius 2 is 2.14 bits per heavy atom. The molecule has 0 atom stereocenters. The number of rotatable bonds is 0. The number of aromatic amines is 1. The Bertz CT molecular complexity index is 593. The van der Waals surface area contributed by atoms with Crippen LogP contribution in [0, 0.1) is 0 Å². The molecule has 0 unspecified atom stereocenters. The molecular weight excluding hydrogens is 188 g/mol. The molecule has 0 aromatic rings. The first-order valence-electron chi connectivity index (χ1n) is 3.70. The summed E-state index contributed by atoms with van der Waals surface area (Å²) in [6, 6.07) is -0.704. The molecule has 1 amide bonds. The van der Waals surface area contributed by atoms with Gasteiger partial charge in [0.2, 0.25) is 0 Å². The van der Waals surface area contributed by atoms with Crippen LogP contribution in [0.2, 0.25) is 0 Å². The van der Waals surface area contributed by atoms with E-state index < -0.39 is 11.7 Å². The second-order valence-electron chi connectivity index (χ2n) is 2.68. The van der Waals surface area contributed by atoms with Crippen molar-refractivity contribution in [1.82, 2.24) is 19.7 Å². The van der Waals surface area contributed by atoms with Crippen LogP contribution in [0.25, 0.3) is 11.4 Å². The van der Waals surface area contributed by atoms with Gasteiger partial charge in [-0.25, -0.2) is 9.59 Å². The van der Waals surface area contributed by atoms with Crippen LogP contribution in [-0.4, -0.2) is 25.8 Å².